The molecule has 0 saturated heterocycles. The van der Waals surface area contributed by atoms with Crippen molar-refractivity contribution in [2.45, 2.75) is 39.8 Å². The molecule has 0 aliphatic rings. The van der Waals surface area contributed by atoms with Crippen molar-refractivity contribution in [1.29, 1.82) is 0 Å². The largest absolute Gasteiger partial charge is 0.519 e. The highest BCUT2D eigenvalue weighted by atomic mass is 16.6. The second-order valence-electron chi connectivity index (χ2n) is 8.60. The van der Waals surface area contributed by atoms with E-state index in [1.807, 2.05) is 56.7 Å². The van der Waals surface area contributed by atoms with Crippen LogP contribution in [0.1, 0.15) is 33.4 Å². The molecule has 0 atom stereocenters. The number of hydrogen-bond acceptors (Lipinski definition) is 6. The number of carbonyl (C=O) groups is 2. The predicted molar refractivity (Wildman–Crippen MR) is 119 cm³/mol. The van der Waals surface area contributed by atoms with Gasteiger partial charge in [0.25, 0.3) is 5.82 Å². The molecule has 32 heavy (non-hydrogen) atoms. The number of aromatic nitrogens is 5. The minimum atomic E-state index is -0.603. The third-order valence-electron chi connectivity index (χ3n) is 4.73. The summed E-state index contributed by atoms with van der Waals surface area (Å²) >= 11 is 0. The fourth-order valence-electron chi connectivity index (χ4n) is 3.45. The number of imidazole rings is 1. The smallest absolute Gasteiger partial charge is 0.414 e. The molecule has 2 amide bonds. The van der Waals surface area contributed by atoms with Crippen LogP contribution in [0.5, 0.6) is 0 Å². The summed E-state index contributed by atoms with van der Waals surface area (Å²) in [7, 11) is 1.89. The molecule has 0 unspecified atom stereocenters. The summed E-state index contributed by atoms with van der Waals surface area (Å²) < 4.78 is 7.31. The molecule has 4 N–H and O–H groups in total. The maximum absolute atomic E-state index is 12.4. The number of nitrogens with two attached hydrogens (primary N) is 1. The molecule has 166 valence electrons. The Morgan fingerprint density at radius 3 is 2.75 bits per heavy atom. The number of quaternary nitrogens is 1. The van der Waals surface area contributed by atoms with E-state index in [1.165, 1.54) is 12.2 Å². The zero-order valence-electron chi connectivity index (χ0n) is 18.7. The summed E-state index contributed by atoms with van der Waals surface area (Å²) in [4.78, 5) is 40.6. The summed E-state index contributed by atoms with van der Waals surface area (Å²) in [5.74, 6) is 0.322. The van der Waals surface area contributed by atoms with Crippen LogP contribution in [0.3, 0.4) is 0 Å². The van der Waals surface area contributed by atoms with Crippen LogP contribution < -0.4 is 10.6 Å². The molecular formula is C22H26N7O3+. The second kappa shape index (κ2) is 8.04. The van der Waals surface area contributed by atoms with Gasteiger partial charge in [0.1, 0.15) is 11.2 Å². The number of amides is 2. The molecule has 0 bridgehead atoms. The molecule has 0 saturated carbocycles. The van der Waals surface area contributed by atoms with Crippen molar-refractivity contribution >= 4 is 39.9 Å². The number of aromatic amines is 1. The van der Waals surface area contributed by atoms with Crippen LogP contribution in [0.4, 0.5) is 10.6 Å². The monoisotopic (exact) mass is 436 g/mol. The van der Waals surface area contributed by atoms with Crippen molar-refractivity contribution in [1.82, 2.24) is 29.8 Å². The number of nitrogens with one attached hydrogen (secondary N) is 2. The number of pyridine rings is 2. The summed E-state index contributed by atoms with van der Waals surface area (Å²) in [5.41, 5.74) is 3.71. The van der Waals surface area contributed by atoms with Crippen LogP contribution in [-0.4, -0.2) is 42.1 Å². The Balaban J connectivity index is 1.75. The molecule has 0 aliphatic carbocycles. The third-order valence-corrected chi connectivity index (χ3v) is 4.73. The standard InChI is InChI=1S/C22H25N7O3/c1-12(30)23-10-13-7-6-8-15(25-13)16-9-14-18-17(24-11-29(18)5)20(27-19(14)26-16)28-21(31)32-22(2,3)4/h6-9,11H,10H2,1-5H3,(H,23,30)(H2,26,27,28,31)/p+1. The van der Waals surface area contributed by atoms with E-state index in [9.17, 15) is 9.59 Å². The van der Waals surface area contributed by atoms with E-state index in [2.05, 4.69) is 25.3 Å². The zero-order valence-corrected chi connectivity index (χ0v) is 18.7. The first-order valence-electron chi connectivity index (χ1n) is 10.2. The van der Waals surface area contributed by atoms with Crippen LogP contribution in [0, 0.1) is 0 Å². The van der Waals surface area contributed by atoms with E-state index in [4.69, 9.17) is 4.74 Å². The van der Waals surface area contributed by atoms with Gasteiger partial charge in [-0.1, -0.05) is 6.07 Å². The van der Waals surface area contributed by atoms with E-state index in [0.717, 1.165) is 28.0 Å². The van der Waals surface area contributed by atoms with Crippen LogP contribution in [0.2, 0.25) is 0 Å². The van der Waals surface area contributed by atoms with Crippen molar-refractivity contribution in [3.8, 4) is 11.4 Å². The Morgan fingerprint density at radius 2 is 2.03 bits per heavy atom. The number of H-pyrrole nitrogens is 1. The lowest BCUT2D eigenvalue weighted by Crippen LogP contribution is -2.83. The number of carbonyl (C=O) groups excluding carboxylic acids is 2. The second-order valence-corrected chi connectivity index (χ2v) is 8.60. The quantitative estimate of drug-likeness (QED) is 0.450. The van der Waals surface area contributed by atoms with Gasteiger partial charge in [0.05, 0.1) is 35.5 Å². The Labute approximate surface area is 184 Å². The molecule has 4 heterocycles. The number of aryl methyl sites for hydroxylation is 1. The minimum Gasteiger partial charge on any atom is -0.414 e. The van der Waals surface area contributed by atoms with Gasteiger partial charge >= 0.3 is 6.09 Å². The first-order chi connectivity index (χ1) is 15.1. The number of rotatable bonds is 4. The van der Waals surface area contributed by atoms with Gasteiger partial charge in [-0.2, -0.15) is 15.1 Å². The number of primary amides is 1. The van der Waals surface area contributed by atoms with Crippen molar-refractivity contribution in [3.63, 3.8) is 0 Å². The van der Waals surface area contributed by atoms with Crippen molar-refractivity contribution < 1.29 is 19.6 Å². The molecule has 0 spiro atoms. The average Bonchev–Trinajstić information content (AvgIpc) is 3.29. The molecular weight excluding hydrogens is 410 g/mol. The van der Waals surface area contributed by atoms with Gasteiger partial charge < -0.3 is 19.6 Å². The van der Waals surface area contributed by atoms with E-state index in [-0.39, 0.29) is 5.91 Å². The Hall–Kier alpha value is -3.79. The molecule has 0 aromatic carbocycles. The highest BCUT2D eigenvalue weighted by Crippen LogP contribution is 2.30. The molecule has 0 aliphatic heterocycles. The van der Waals surface area contributed by atoms with Crippen LogP contribution >= 0.6 is 0 Å². The lowest BCUT2D eigenvalue weighted by atomic mass is 10.2. The first-order valence-corrected chi connectivity index (χ1v) is 10.2. The molecule has 10 heteroatoms. The maximum atomic E-state index is 12.4. The van der Waals surface area contributed by atoms with Gasteiger partial charge in [-0.25, -0.2) is 9.97 Å². The van der Waals surface area contributed by atoms with E-state index in [0.29, 0.717) is 23.5 Å². The lowest BCUT2D eigenvalue weighted by molar-refractivity contribution is -0.488. The predicted octanol–water partition coefficient (Wildman–Crippen LogP) is 2.28. The highest BCUT2D eigenvalue weighted by Gasteiger charge is 2.25. The Morgan fingerprint density at radius 1 is 1.25 bits per heavy atom. The van der Waals surface area contributed by atoms with Gasteiger partial charge in [0.2, 0.25) is 5.91 Å². The summed E-state index contributed by atoms with van der Waals surface area (Å²) in [5, 5.41) is 4.99. The van der Waals surface area contributed by atoms with E-state index in [1.54, 1.807) is 6.33 Å². The Bertz CT molecular complexity index is 1330. The number of ether oxygens (including phenoxy) is 1. The molecule has 4 rings (SSSR count). The topological polar surface area (TPSA) is 131 Å². The fraction of sp³-hybridized carbons (Fsp3) is 0.318. The van der Waals surface area contributed by atoms with Gasteiger partial charge in [0.15, 0.2) is 5.52 Å². The van der Waals surface area contributed by atoms with Crippen LogP contribution in [0.15, 0.2) is 30.6 Å². The van der Waals surface area contributed by atoms with Crippen LogP contribution in [0.25, 0.3) is 33.5 Å². The summed E-state index contributed by atoms with van der Waals surface area (Å²) in [6.07, 6.45) is 1.22. The first kappa shape index (κ1) is 21.4. The summed E-state index contributed by atoms with van der Waals surface area (Å²) in [6, 6.07) is 7.59. The Kier molecular flexibility index (Phi) is 5.39. The van der Waals surface area contributed by atoms with E-state index < -0.39 is 11.7 Å². The number of nitrogens with zero attached hydrogens (tertiary/aromatic N) is 4. The molecule has 0 radical (unpaired) electrons. The molecule has 4 aromatic heterocycles. The fourth-order valence-corrected chi connectivity index (χ4v) is 3.45. The van der Waals surface area contributed by atoms with Crippen molar-refractivity contribution in [2.75, 3.05) is 0 Å². The summed E-state index contributed by atoms with van der Waals surface area (Å²) in [6.45, 7) is 7.27. The molecule has 0 fully saturated rings. The van der Waals surface area contributed by atoms with Gasteiger partial charge in [0, 0.05) is 19.4 Å². The SMILES string of the molecule is CC(=O)NCc1cccc(-c2cc3c(nc([NH2+]C(=O)OC(C)(C)C)c4ncn(C)c43)[nH]2)n1. The van der Waals surface area contributed by atoms with Crippen molar-refractivity contribution in [3.05, 3.63) is 36.3 Å². The number of hydrogen-bond donors (Lipinski definition) is 3. The third kappa shape index (κ3) is 4.45. The van der Waals surface area contributed by atoms with Gasteiger partial charge in [-0.15, -0.1) is 0 Å². The normalized spacial score (nSPS) is 11.8. The highest BCUT2D eigenvalue weighted by molar-refractivity contribution is 6.06. The van der Waals surface area contributed by atoms with Crippen LogP contribution in [-0.2, 0) is 23.1 Å². The molecule has 10 nitrogen and oxygen atoms in total. The van der Waals surface area contributed by atoms with E-state index >= 15 is 0 Å². The van der Waals surface area contributed by atoms with Gasteiger partial charge in [-0.05, 0) is 39.0 Å². The van der Waals surface area contributed by atoms with Gasteiger partial charge in [-0.3, -0.25) is 4.79 Å². The van der Waals surface area contributed by atoms with Crippen molar-refractivity contribution in [2.24, 2.45) is 7.05 Å². The number of fused-ring (bicyclic) bond motifs is 3. The minimum absolute atomic E-state index is 0.112. The maximum Gasteiger partial charge on any atom is 0.519 e. The average molecular weight is 436 g/mol. The zero-order chi connectivity index (χ0) is 23.0. The molecule has 4 aromatic rings. The lowest BCUT2D eigenvalue weighted by Gasteiger charge is -2.16.